The molecule has 0 saturated carbocycles. The van der Waals surface area contributed by atoms with Gasteiger partial charge in [-0.1, -0.05) is 56.4 Å². The van der Waals surface area contributed by atoms with E-state index in [1.807, 2.05) is 13.8 Å². The lowest BCUT2D eigenvalue weighted by Crippen LogP contribution is -2.36. The molecule has 0 heterocycles. The van der Waals surface area contributed by atoms with Crippen molar-refractivity contribution in [2.75, 3.05) is 19.9 Å². The second-order valence-electron chi connectivity index (χ2n) is 9.07. The van der Waals surface area contributed by atoms with Crippen LogP contribution in [0.3, 0.4) is 0 Å². The number of benzene rings is 2. The molecule has 234 valence electrons. The Morgan fingerprint density at radius 1 is 1.16 bits per heavy atom. The number of allylic oxidation sites excluding steroid dienone is 5. The van der Waals surface area contributed by atoms with Gasteiger partial charge >= 0.3 is 18.1 Å². The smallest absolute Gasteiger partial charge is 0.395 e. The van der Waals surface area contributed by atoms with Crippen LogP contribution in [0.1, 0.15) is 49.8 Å². The van der Waals surface area contributed by atoms with Crippen molar-refractivity contribution >= 4 is 35.1 Å². The fraction of sp³-hybridized carbons (Fsp3) is 0.344. The highest BCUT2D eigenvalue weighted by molar-refractivity contribution is 6.17. The lowest BCUT2D eigenvalue weighted by molar-refractivity contribution is -0.162. The van der Waals surface area contributed by atoms with Gasteiger partial charge in [0.2, 0.25) is 0 Å². The van der Waals surface area contributed by atoms with E-state index in [1.165, 1.54) is 37.5 Å². The molecule has 3 rings (SSSR count). The predicted octanol–water partition coefficient (Wildman–Crippen LogP) is 6.39. The number of carboxylic acids is 1. The molecule has 0 aliphatic heterocycles. The number of methoxy groups -OCH3 is 1. The van der Waals surface area contributed by atoms with Crippen molar-refractivity contribution in [1.29, 1.82) is 0 Å². The lowest BCUT2D eigenvalue weighted by atomic mass is 9.94. The van der Waals surface area contributed by atoms with Crippen molar-refractivity contribution in [3.63, 3.8) is 0 Å². The Labute approximate surface area is 249 Å². The summed E-state index contributed by atoms with van der Waals surface area (Å²) in [6.45, 7) is 4.00. The molecule has 11 heteroatoms. The monoisotopic (exact) mass is 606 g/mol. The number of carbonyl (C=O) groups is 3. The fourth-order valence-corrected chi connectivity index (χ4v) is 4.04. The molecule has 2 aromatic carbocycles. The van der Waals surface area contributed by atoms with Crippen LogP contribution in [0.25, 0.3) is 11.1 Å². The van der Waals surface area contributed by atoms with E-state index in [2.05, 4.69) is 10.1 Å². The highest BCUT2D eigenvalue weighted by Gasteiger charge is 2.38. The van der Waals surface area contributed by atoms with E-state index in [0.29, 0.717) is 30.3 Å². The number of alkyl halides is 3. The van der Waals surface area contributed by atoms with E-state index in [1.54, 1.807) is 37.4 Å². The Balaban J connectivity index is 0.000000462. The van der Waals surface area contributed by atoms with E-state index in [4.69, 9.17) is 5.73 Å². The number of ether oxygens (including phenoxy) is 1. The Bertz CT molecular complexity index is 1300. The van der Waals surface area contributed by atoms with Gasteiger partial charge in [0.1, 0.15) is 18.1 Å². The van der Waals surface area contributed by atoms with Gasteiger partial charge in [0, 0.05) is 17.7 Å². The lowest BCUT2D eigenvalue weighted by Gasteiger charge is -2.16. The van der Waals surface area contributed by atoms with Crippen molar-refractivity contribution in [2.45, 2.75) is 51.7 Å². The van der Waals surface area contributed by atoms with Crippen molar-refractivity contribution in [2.24, 2.45) is 5.92 Å². The van der Waals surface area contributed by atoms with E-state index >= 15 is 0 Å². The standard InChI is InChI=1S/C19H18F3NO3.C11H14FNO2.C2H6/c20-19(21,22)14-5-2-1-4-12(10-14)13-7-8-17(23)16(11-13)15(18(25)26)6-3-9-24;1-13-10(11(14)15-2)7-8-3-5-9(12)6-4-8;1-2/h1,4,6-11,14H,2-3,5,23H2,(H,25,26);3-6,10,13H,7H2,1-2H3;1-2H3/b15-6+;;. The van der Waals surface area contributed by atoms with Gasteiger partial charge in [0.25, 0.3) is 0 Å². The first-order valence-corrected chi connectivity index (χ1v) is 13.6. The second kappa shape index (κ2) is 18.3. The molecule has 0 bridgehead atoms. The van der Waals surface area contributed by atoms with Crippen LogP contribution in [0.15, 0.2) is 66.8 Å². The third-order valence-corrected chi connectivity index (χ3v) is 6.26. The summed E-state index contributed by atoms with van der Waals surface area (Å²) in [6, 6.07) is 10.1. The number of halogens is 4. The number of anilines is 1. The van der Waals surface area contributed by atoms with Crippen LogP contribution in [0.4, 0.5) is 23.2 Å². The van der Waals surface area contributed by atoms with Crippen molar-refractivity contribution in [3.8, 4) is 0 Å². The number of carbonyl (C=O) groups excluding carboxylic acids is 2. The SMILES string of the molecule is CC.CNC(Cc1ccc(F)cc1)C(=O)OC.Nc1ccc(C2=CC(C(F)(F)F)CCC=C2)cc1/C(=C\CC=O)C(=O)O. The fourth-order valence-electron chi connectivity index (χ4n) is 4.04. The summed E-state index contributed by atoms with van der Waals surface area (Å²) in [7, 11) is 3.03. The van der Waals surface area contributed by atoms with Gasteiger partial charge in [0.15, 0.2) is 0 Å². The first kappa shape index (κ1) is 36.8. The minimum absolute atomic E-state index is 0.0368. The Morgan fingerprint density at radius 3 is 2.35 bits per heavy atom. The molecule has 2 atom stereocenters. The van der Waals surface area contributed by atoms with Crippen molar-refractivity contribution in [1.82, 2.24) is 5.32 Å². The van der Waals surface area contributed by atoms with E-state index < -0.39 is 18.1 Å². The maximum absolute atomic E-state index is 13.1. The zero-order valence-electron chi connectivity index (χ0n) is 24.6. The van der Waals surface area contributed by atoms with E-state index in [-0.39, 0.29) is 47.5 Å². The van der Waals surface area contributed by atoms with Crippen LogP contribution in [-0.4, -0.2) is 49.7 Å². The van der Waals surface area contributed by atoms with Gasteiger partial charge in [-0.2, -0.15) is 13.2 Å². The highest BCUT2D eigenvalue weighted by atomic mass is 19.4. The number of aldehydes is 1. The molecule has 0 radical (unpaired) electrons. The van der Waals surface area contributed by atoms with Gasteiger partial charge in [-0.3, -0.25) is 4.79 Å². The quantitative estimate of drug-likeness (QED) is 0.0995. The summed E-state index contributed by atoms with van der Waals surface area (Å²) < 4.78 is 56.6. The normalized spacial score (nSPS) is 15.4. The average Bonchev–Trinajstić information content (AvgIpc) is 3.26. The molecule has 1 aliphatic rings. The van der Waals surface area contributed by atoms with E-state index in [0.717, 1.165) is 11.6 Å². The van der Waals surface area contributed by atoms with Crippen LogP contribution in [-0.2, 0) is 25.5 Å². The second-order valence-corrected chi connectivity index (χ2v) is 9.07. The van der Waals surface area contributed by atoms with Gasteiger partial charge < -0.3 is 25.7 Å². The Hall–Kier alpha value is -4.25. The third-order valence-electron chi connectivity index (χ3n) is 6.26. The largest absolute Gasteiger partial charge is 0.478 e. The van der Waals surface area contributed by atoms with Crippen molar-refractivity contribution in [3.05, 3.63) is 89.3 Å². The van der Waals surface area contributed by atoms with Gasteiger partial charge in [-0.15, -0.1) is 0 Å². The summed E-state index contributed by atoms with van der Waals surface area (Å²) in [5.74, 6) is -3.44. The molecule has 1 aliphatic carbocycles. The van der Waals surface area contributed by atoms with Crippen LogP contribution >= 0.6 is 0 Å². The molecule has 0 aromatic heterocycles. The summed E-state index contributed by atoms with van der Waals surface area (Å²) in [5.41, 5.74) is 7.69. The Morgan fingerprint density at radius 2 is 1.81 bits per heavy atom. The number of aliphatic carboxylic acids is 1. The van der Waals surface area contributed by atoms with Gasteiger partial charge in [-0.05, 0) is 67.3 Å². The topological polar surface area (TPSA) is 119 Å². The van der Waals surface area contributed by atoms with Crippen LogP contribution in [0, 0.1) is 11.7 Å². The number of carboxylic acid groups (broad SMARTS) is 1. The summed E-state index contributed by atoms with van der Waals surface area (Å²) in [4.78, 5) is 33.3. The molecule has 2 unspecified atom stereocenters. The molecule has 2 aromatic rings. The van der Waals surface area contributed by atoms with Gasteiger partial charge in [0.05, 0.1) is 18.6 Å². The highest BCUT2D eigenvalue weighted by Crippen LogP contribution is 2.36. The average molecular weight is 607 g/mol. The van der Waals surface area contributed by atoms with E-state index in [9.17, 15) is 37.1 Å². The predicted molar refractivity (Wildman–Crippen MR) is 159 cm³/mol. The number of likely N-dealkylation sites (N-methyl/N-ethyl adjacent to an activating group) is 1. The zero-order valence-corrected chi connectivity index (χ0v) is 24.6. The molecule has 0 fully saturated rings. The maximum Gasteiger partial charge on any atom is 0.395 e. The minimum Gasteiger partial charge on any atom is -0.478 e. The first-order chi connectivity index (χ1) is 20.4. The number of nitrogens with one attached hydrogen (secondary N) is 1. The third kappa shape index (κ3) is 11.9. The maximum atomic E-state index is 13.1. The first-order valence-electron chi connectivity index (χ1n) is 13.6. The molecule has 4 N–H and O–H groups in total. The van der Waals surface area contributed by atoms with Crippen LogP contribution in [0.5, 0.6) is 0 Å². The molecule has 7 nitrogen and oxygen atoms in total. The summed E-state index contributed by atoms with van der Waals surface area (Å²) in [5, 5.41) is 12.2. The number of hydrogen-bond donors (Lipinski definition) is 3. The number of rotatable bonds is 9. The molecular weight excluding hydrogens is 568 g/mol. The molecule has 0 saturated heterocycles. The number of nitrogen functional groups attached to an aromatic ring is 1. The number of hydrogen-bond acceptors (Lipinski definition) is 6. The zero-order chi connectivity index (χ0) is 32.6. The minimum atomic E-state index is -4.34. The Kier molecular flexibility index (Phi) is 15.7. The number of nitrogens with two attached hydrogens (primary N) is 1. The molecule has 0 spiro atoms. The summed E-state index contributed by atoms with van der Waals surface area (Å²) >= 11 is 0. The summed E-state index contributed by atoms with van der Waals surface area (Å²) in [6.07, 6.45) is 2.47. The van der Waals surface area contributed by atoms with Crippen LogP contribution < -0.4 is 11.1 Å². The van der Waals surface area contributed by atoms with Crippen molar-refractivity contribution < 1.29 is 41.8 Å². The molecule has 0 amide bonds. The van der Waals surface area contributed by atoms with Gasteiger partial charge in [-0.25, -0.2) is 9.18 Å². The molecule has 43 heavy (non-hydrogen) atoms. The molecular formula is C32H38F4N2O5. The van der Waals surface area contributed by atoms with Crippen LogP contribution in [0.2, 0.25) is 0 Å². The number of esters is 1.